The molecular weight excluding hydrogens is 280 g/mol. The van der Waals surface area contributed by atoms with Crippen molar-refractivity contribution in [1.29, 1.82) is 0 Å². The molecule has 0 fully saturated rings. The van der Waals surface area contributed by atoms with Gasteiger partial charge in [0.1, 0.15) is 5.76 Å². The second-order valence-corrected chi connectivity index (χ2v) is 4.74. The van der Waals surface area contributed by atoms with Crippen molar-refractivity contribution < 1.29 is 13.6 Å². The molecule has 0 amide bonds. The molecule has 0 bridgehead atoms. The van der Waals surface area contributed by atoms with Crippen molar-refractivity contribution in [2.45, 2.75) is 0 Å². The van der Waals surface area contributed by atoms with Crippen LogP contribution in [0.4, 0.5) is 0 Å². The minimum absolute atomic E-state index is 0.309. The predicted octanol–water partition coefficient (Wildman–Crippen LogP) is 3.96. The fraction of sp³-hybridized carbons (Fsp3) is 0. The van der Waals surface area contributed by atoms with Gasteiger partial charge in [-0.15, -0.1) is 0 Å². The standard InChI is InChI=1S/C17H10N2O3/c20-10-13-7-8-14(21-13)11-3-5-12(6-4-11)17-19-16-15(22-17)2-1-9-18-16/h1-10H. The molecule has 0 aliphatic heterocycles. The van der Waals surface area contributed by atoms with Crippen LogP contribution in [0.3, 0.4) is 0 Å². The van der Waals surface area contributed by atoms with E-state index in [0.29, 0.717) is 34.9 Å². The van der Waals surface area contributed by atoms with Crippen LogP contribution in [0.5, 0.6) is 0 Å². The Morgan fingerprint density at radius 1 is 0.909 bits per heavy atom. The van der Waals surface area contributed by atoms with Crippen LogP contribution in [0.15, 0.2) is 63.6 Å². The lowest BCUT2D eigenvalue weighted by molar-refractivity contribution is 0.110. The van der Waals surface area contributed by atoms with Gasteiger partial charge in [-0.05, 0) is 36.4 Å². The zero-order valence-electron chi connectivity index (χ0n) is 11.4. The summed E-state index contributed by atoms with van der Waals surface area (Å²) in [6, 6.07) is 14.6. The first-order valence-electron chi connectivity index (χ1n) is 6.71. The maximum absolute atomic E-state index is 10.7. The van der Waals surface area contributed by atoms with Crippen LogP contribution in [0.2, 0.25) is 0 Å². The molecule has 0 radical (unpaired) electrons. The Labute approximate surface area is 125 Å². The third-order valence-corrected chi connectivity index (χ3v) is 3.32. The number of pyridine rings is 1. The second kappa shape index (κ2) is 4.96. The van der Waals surface area contributed by atoms with Crippen molar-refractivity contribution >= 4 is 17.5 Å². The van der Waals surface area contributed by atoms with E-state index in [1.807, 2.05) is 36.4 Å². The van der Waals surface area contributed by atoms with Crippen LogP contribution in [-0.4, -0.2) is 16.3 Å². The van der Waals surface area contributed by atoms with Crippen LogP contribution in [0.25, 0.3) is 34.0 Å². The first kappa shape index (κ1) is 12.5. The van der Waals surface area contributed by atoms with Crippen LogP contribution >= 0.6 is 0 Å². The molecule has 0 saturated carbocycles. The van der Waals surface area contributed by atoms with Crippen molar-refractivity contribution in [3.8, 4) is 22.8 Å². The number of oxazole rings is 1. The van der Waals surface area contributed by atoms with E-state index in [1.54, 1.807) is 18.3 Å². The van der Waals surface area contributed by atoms with E-state index in [9.17, 15) is 4.79 Å². The molecule has 3 heterocycles. The predicted molar refractivity (Wildman–Crippen MR) is 80.3 cm³/mol. The first-order chi connectivity index (χ1) is 10.8. The second-order valence-electron chi connectivity index (χ2n) is 4.74. The molecule has 0 saturated heterocycles. The van der Waals surface area contributed by atoms with Gasteiger partial charge in [-0.2, -0.15) is 4.98 Å². The monoisotopic (exact) mass is 290 g/mol. The third kappa shape index (κ3) is 2.09. The molecule has 0 unspecified atom stereocenters. The van der Waals surface area contributed by atoms with Gasteiger partial charge in [0.2, 0.25) is 5.89 Å². The molecule has 0 aliphatic carbocycles. The van der Waals surface area contributed by atoms with Crippen LogP contribution < -0.4 is 0 Å². The Morgan fingerprint density at radius 2 is 1.73 bits per heavy atom. The number of carbonyl (C=O) groups excluding carboxylic acids is 1. The molecule has 22 heavy (non-hydrogen) atoms. The fourth-order valence-electron chi connectivity index (χ4n) is 2.24. The Balaban J connectivity index is 1.70. The summed E-state index contributed by atoms with van der Waals surface area (Å²) in [6.07, 6.45) is 2.36. The highest BCUT2D eigenvalue weighted by Crippen LogP contribution is 2.27. The number of rotatable bonds is 3. The lowest BCUT2D eigenvalue weighted by Crippen LogP contribution is -1.79. The number of aldehydes is 1. The van der Waals surface area contributed by atoms with E-state index in [0.717, 1.165) is 11.1 Å². The molecule has 4 aromatic rings. The maximum Gasteiger partial charge on any atom is 0.228 e. The van der Waals surface area contributed by atoms with Gasteiger partial charge in [0.05, 0.1) is 0 Å². The zero-order valence-corrected chi connectivity index (χ0v) is 11.4. The van der Waals surface area contributed by atoms with Gasteiger partial charge >= 0.3 is 0 Å². The van der Waals surface area contributed by atoms with E-state index < -0.39 is 0 Å². The van der Waals surface area contributed by atoms with Crippen molar-refractivity contribution in [3.63, 3.8) is 0 Å². The van der Waals surface area contributed by atoms with E-state index in [1.165, 1.54) is 0 Å². The largest absolute Gasteiger partial charge is 0.453 e. The average Bonchev–Trinajstić information content (AvgIpc) is 3.21. The Bertz CT molecular complexity index is 918. The Kier molecular flexibility index (Phi) is 2.83. The number of furan rings is 1. The summed E-state index contributed by atoms with van der Waals surface area (Å²) in [4.78, 5) is 19.2. The number of benzene rings is 1. The van der Waals surface area contributed by atoms with Crippen molar-refractivity contribution in [3.05, 3.63) is 60.5 Å². The van der Waals surface area contributed by atoms with E-state index >= 15 is 0 Å². The summed E-state index contributed by atoms with van der Waals surface area (Å²) in [5, 5.41) is 0. The topological polar surface area (TPSA) is 69.1 Å². The Hall–Kier alpha value is -3.21. The van der Waals surface area contributed by atoms with E-state index in [-0.39, 0.29) is 0 Å². The normalized spacial score (nSPS) is 10.9. The van der Waals surface area contributed by atoms with Gasteiger partial charge in [0, 0.05) is 17.3 Å². The molecule has 0 atom stereocenters. The van der Waals surface area contributed by atoms with Crippen LogP contribution in [-0.2, 0) is 0 Å². The van der Waals surface area contributed by atoms with Crippen molar-refractivity contribution in [2.75, 3.05) is 0 Å². The summed E-state index contributed by atoms with van der Waals surface area (Å²) < 4.78 is 11.1. The van der Waals surface area contributed by atoms with Gasteiger partial charge in [0.25, 0.3) is 0 Å². The van der Waals surface area contributed by atoms with Gasteiger partial charge in [-0.3, -0.25) is 4.79 Å². The quantitative estimate of drug-likeness (QED) is 0.534. The third-order valence-electron chi connectivity index (χ3n) is 3.32. The van der Waals surface area contributed by atoms with Crippen molar-refractivity contribution in [2.24, 2.45) is 0 Å². The Morgan fingerprint density at radius 3 is 2.45 bits per heavy atom. The molecule has 3 aromatic heterocycles. The van der Waals surface area contributed by atoms with Gasteiger partial charge < -0.3 is 8.83 Å². The number of carbonyl (C=O) groups is 1. The van der Waals surface area contributed by atoms with Gasteiger partial charge in [0.15, 0.2) is 23.3 Å². The minimum atomic E-state index is 0.309. The number of nitrogens with zero attached hydrogens (tertiary/aromatic N) is 2. The number of fused-ring (bicyclic) bond motifs is 1. The minimum Gasteiger partial charge on any atom is -0.453 e. The summed E-state index contributed by atoms with van der Waals surface area (Å²) in [5.74, 6) is 1.48. The highest BCUT2D eigenvalue weighted by atomic mass is 16.4. The zero-order chi connectivity index (χ0) is 14.9. The molecule has 0 aliphatic rings. The molecule has 0 N–H and O–H groups in total. The highest BCUT2D eigenvalue weighted by molar-refractivity contribution is 5.74. The average molecular weight is 290 g/mol. The van der Waals surface area contributed by atoms with E-state index in [2.05, 4.69) is 9.97 Å². The molecule has 5 nitrogen and oxygen atoms in total. The number of aromatic nitrogens is 2. The first-order valence-corrected chi connectivity index (χ1v) is 6.71. The lowest BCUT2D eigenvalue weighted by atomic mass is 10.1. The fourth-order valence-corrected chi connectivity index (χ4v) is 2.24. The molecule has 5 heteroatoms. The van der Waals surface area contributed by atoms with Gasteiger partial charge in [-0.1, -0.05) is 12.1 Å². The smallest absolute Gasteiger partial charge is 0.228 e. The maximum atomic E-state index is 10.7. The van der Waals surface area contributed by atoms with Crippen LogP contribution in [0, 0.1) is 0 Å². The molecule has 0 spiro atoms. The summed E-state index contributed by atoms with van der Waals surface area (Å²) in [7, 11) is 0. The van der Waals surface area contributed by atoms with Gasteiger partial charge in [-0.25, -0.2) is 4.98 Å². The van der Waals surface area contributed by atoms with E-state index in [4.69, 9.17) is 8.83 Å². The summed E-state index contributed by atoms with van der Waals surface area (Å²) in [6.45, 7) is 0. The molecule has 106 valence electrons. The van der Waals surface area contributed by atoms with Crippen molar-refractivity contribution in [1.82, 2.24) is 9.97 Å². The number of hydrogen-bond donors (Lipinski definition) is 0. The number of hydrogen-bond acceptors (Lipinski definition) is 5. The lowest BCUT2D eigenvalue weighted by Gasteiger charge is -1.98. The molecule has 1 aromatic carbocycles. The summed E-state index contributed by atoms with van der Waals surface area (Å²) >= 11 is 0. The SMILES string of the molecule is O=Cc1ccc(-c2ccc(-c3nc4ncccc4o3)cc2)o1. The molecule has 4 rings (SSSR count). The highest BCUT2D eigenvalue weighted by Gasteiger charge is 2.10. The summed E-state index contributed by atoms with van der Waals surface area (Å²) in [5.41, 5.74) is 2.97. The molecular formula is C17H10N2O3. The van der Waals surface area contributed by atoms with Crippen LogP contribution in [0.1, 0.15) is 10.6 Å².